The van der Waals surface area contributed by atoms with E-state index in [1.807, 2.05) is 66.1 Å². The number of hydrogen-bond donors (Lipinski definition) is 1. The highest BCUT2D eigenvalue weighted by atomic mass is 32.2. The van der Waals surface area contributed by atoms with E-state index in [1.54, 1.807) is 25.3 Å². The largest absolute Gasteiger partial charge is 0.489 e. The smallest absolute Gasteiger partial charge is 0.264 e. The molecule has 1 N–H and O–H groups in total. The molecule has 1 amide bonds. The van der Waals surface area contributed by atoms with Crippen LogP contribution in [0.25, 0.3) is 11.0 Å². The van der Waals surface area contributed by atoms with Gasteiger partial charge in [-0.15, -0.1) is 0 Å². The van der Waals surface area contributed by atoms with Crippen molar-refractivity contribution in [2.45, 2.75) is 39.5 Å². The minimum atomic E-state index is -3.69. The zero-order valence-electron chi connectivity index (χ0n) is 21.0. The molecule has 0 atom stereocenters. The average Bonchev–Trinajstić information content (AvgIpc) is 3.23. The molecule has 8 nitrogen and oxygen atoms in total. The topological polar surface area (TPSA) is 99.5 Å². The van der Waals surface area contributed by atoms with Crippen molar-refractivity contribution in [1.82, 2.24) is 14.3 Å². The van der Waals surface area contributed by atoms with Gasteiger partial charge in [-0.25, -0.2) is 18.1 Å². The van der Waals surface area contributed by atoms with E-state index in [-0.39, 0.29) is 11.3 Å². The van der Waals surface area contributed by atoms with E-state index >= 15 is 0 Å². The quantitative estimate of drug-likeness (QED) is 0.291. The summed E-state index contributed by atoms with van der Waals surface area (Å²) in [5, 5.41) is 0. The van der Waals surface area contributed by atoms with Crippen LogP contribution >= 0.6 is 0 Å². The summed E-state index contributed by atoms with van der Waals surface area (Å²) in [7, 11) is -2.09. The Morgan fingerprint density at radius 3 is 2.43 bits per heavy atom. The van der Waals surface area contributed by atoms with E-state index in [1.165, 1.54) is 0 Å². The zero-order valence-corrected chi connectivity index (χ0v) is 21.8. The van der Waals surface area contributed by atoms with Gasteiger partial charge in [0.25, 0.3) is 5.91 Å². The number of nitrogens with zero attached hydrogens (tertiary/aromatic N) is 2. The van der Waals surface area contributed by atoms with Crippen LogP contribution in [0.1, 0.15) is 47.1 Å². The number of nitrogens with one attached hydrogen (secondary N) is 1. The van der Waals surface area contributed by atoms with E-state index in [0.29, 0.717) is 37.5 Å². The number of carbonyl (C=O) groups is 1. The molecule has 0 saturated carbocycles. The molecule has 0 aliphatic rings. The van der Waals surface area contributed by atoms with Crippen molar-refractivity contribution in [2.24, 2.45) is 0 Å². The molecule has 1 aromatic heterocycles. The number of rotatable bonds is 12. The molecule has 3 aromatic carbocycles. The van der Waals surface area contributed by atoms with Crippen molar-refractivity contribution >= 4 is 27.0 Å². The second-order valence-electron chi connectivity index (χ2n) is 8.77. The molecule has 194 valence electrons. The SMILES string of the molecule is CCCCS(=O)(=O)NC(=O)c1ccc2nc(COC)n(Cc3ccc(OCc4ccccc4)cc3)c2c1. The Kier molecular flexibility index (Phi) is 8.58. The molecule has 0 spiro atoms. The van der Waals surface area contributed by atoms with E-state index in [0.717, 1.165) is 28.8 Å². The fraction of sp³-hybridized carbons (Fsp3) is 0.286. The predicted molar refractivity (Wildman–Crippen MR) is 143 cm³/mol. The Bertz CT molecular complexity index is 1450. The highest BCUT2D eigenvalue weighted by molar-refractivity contribution is 7.90. The molecular weight excluding hydrogens is 490 g/mol. The first-order valence-electron chi connectivity index (χ1n) is 12.2. The molecule has 4 aromatic rings. The number of fused-ring (bicyclic) bond motifs is 1. The first-order chi connectivity index (χ1) is 17.9. The van der Waals surface area contributed by atoms with Gasteiger partial charge in [0.15, 0.2) is 0 Å². The molecule has 0 saturated heterocycles. The number of carbonyl (C=O) groups excluding carboxylic acids is 1. The molecule has 0 fully saturated rings. The van der Waals surface area contributed by atoms with Gasteiger partial charge in [0.1, 0.15) is 24.8 Å². The van der Waals surface area contributed by atoms with E-state index in [2.05, 4.69) is 9.71 Å². The lowest BCUT2D eigenvalue weighted by Gasteiger charge is -2.11. The lowest BCUT2D eigenvalue weighted by Crippen LogP contribution is -2.32. The number of hydrogen-bond acceptors (Lipinski definition) is 6. The van der Waals surface area contributed by atoms with E-state index in [4.69, 9.17) is 9.47 Å². The van der Waals surface area contributed by atoms with Crippen LogP contribution in [0.3, 0.4) is 0 Å². The molecule has 9 heteroatoms. The molecule has 37 heavy (non-hydrogen) atoms. The molecule has 0 aliphatic heterocycles. The van der Waals surface area contributed by atoms with E-state index in [9.17, 15) is 13.2 Å². The van der Waals surface area contributed by atoms with E-state index < -0.39 is 15.9 Å². The standard InChI is InChI=1S/C28H31N3O5S/c1-3-4-16-37(33,34)30-28(32)23-12-15-25-26(17-23)31(27(29-25)20-35-2)18-21-10-13-24(14-11-21)36-19-22-8-6-5-7-9-22/h5-15,17H,3-4,16,18-20H2,1-2H3,(H,30,32). The molecule has 4 rings (SSSR count). The van der Waals surface area contributed by atoms with Gasteiger partial charge < -0.3 is 14.0 Å². The van der Waals surface area contributed by atoms with Crippen LogP contribution in [0.15, 0.2) is 72.8 Å². The van der Waals surface area contributed by atoms with Crippen molar-refractivity contribution < 1.29 is 22.7 Å². The summed E-state index contributed by atoms with van der Waals surface area (Å²) in [5.41, 5.74) is 3.78. The third kappa shape index (κ3) is 6.96. The minimum absolute atomic E-state index is 0.0849. The second kappa shape index (κ2) is 12.0. The average molecular weight is 522 g/mol. The Morgan fingerprint density at radius 2 is 1.73 bits per heavy atom. The summed E-state index contributed by atoms with van der Waals surface area (Å²) in [6, 6.07) is 22.8. The van der Waals surface area contributed by atoms with Gasteiger partial charge in [-0.3, -0.25) is 4.79 Å². The molecule has 0 bridgehead atoms. The van der Waals surface area contributed by atoms with Crippen molar-refractivity contribution in [2.75, 3.05) is 12.9 Å². The number of methoxy groups -OCH3 is 1. The number of sulfonamides is 1. The number of aromatic nitrogens is 2. The van der Waals surface area contributed by atoms with Crippen molar-refractivity contribution in [3.8, 4) is 5.75 Å². The highest BCUT2D eigenvalue weighted by Gasteiger charge is 2.18. The molecule has 0 unspecified atom stereocenters. The minimum Gasteiger partial charge on any atom is -0.489 e. The number of unbranched alkanes of at least 4 members (excludes halogenated alkanes) is 1. The fourth-order valence-electron chi connectivity index (χ4n) is 3.93. The lowest BCUT2D eigenvalue weighted by atomic mass is 10.1. The summed E-state index contributed by atoms with van der Waals surface area (Å²) in [5.74, 6) is 0.732. The fourth-order valence-corrected chi connectivity index (χ4v) is 5.10. The Labute approximate surface area is 217 Å². The lowest BCUT2D eigenvalue weighted by molar-refractivity contribution is 0.0981. The van der Waals surface area contributed by atoms with Crippen LogP contribution in [0, 0.1) is 0 Å². The number of imidazole rings is 1. The predicted octanol–water partition coefficient (Wildman–Crippen LogP) is 4.67. The highest BCUT2D eigenvalue weighted by Crippen LogP contribution is 2.22. The van der Waals surface area contributed by atoms with Crippen molar-refractivity contribution in [3.05, 3.63) is 95.3 Å². The van der Waals surface area contributed by atoms with Crippen molar-refractivity contribution in [1.29, 1.82) is 0 Å². The summed E-state index contributed by atoms with van der Waals surface area (Å²) in [4.78, 5) is 17.4. The maximum absolute atomic E-state index is 12.7. The molecular formula is C28H31N3O5S. The molecule has 0 aliphatic carbocycles. The molecule has 1 heterocycles. The van der Waals surface area contributed by atoms with Crippen LogP contribution in [-0.2, 0) is 34.5 Å². The van der Waals surface area contributed by atoms with Gasteiger partial charge in [-0.1, -0.05) is 55.8 Å². The Balaban J connectivity index is 1.54. The Morgan fingerprint density at radius 1 is 0.973 bits per heavy atom. The van der Waals surface area contributed by atoms with Crippen LogP contribution in [0.5, 0.6) is 5.75 Å². The number of benzene rings is 3. The second-order valence-corrected chi connectivity index (χ2v) is 10.6. The van der Waals surface area contributed by atoms with Crippen molar-refractivity contribution in [3.63, 3.8) is 0 Å². The van der Waals surface area contributed by atoms with Gasteiger partial charge in [0, 0.05) is 19.2 Å². The third-order valence-electron chi connectivity index (χ3n) is 5.89. The van der Waals surface area contributed by atoms with Crippen LogP contribution in [0.4, 0.5) is 0 Å². The molecule has 0 radical (unpaired) electrons. The van der Waals surface area contributed by atoms with Gasteiger partial charge in [0.05, 0.1) is 16.8 Å². The van der Waals surface area contributed by atoms with Crippen LogP contribution in [0.2, 0.25) is 0 Å². The first kappa shape index (κ1) is 26.4. The summed E-state index contributed by atoms with van der Waals surface area (Å²) >= 11 is 0. The zero-order chi connectivity index (χ0) is 26.3. The normalized spacial score (nSPS) is 11.5. The maximum Gasteiger partial charge on any atom is 0.264 e. The monoisotopic (exact) mass is 521 g/mol. The number of ether oxygens (including phenoxy) is 2. The van der Waals surface area contributed by atoms with Gasteiger partial charge in [0.2, 0.25) is 10.0 Å². The van der Waals surface area contributed by atoms with Gasteiger partial charge >= 0.3 is 0 Å². The van der Waals surface area contributed by atoms with Gasteiger partial charge in [-0.2, -0.15) is 0 Å². The Hall–Kier alpha value is -3.69. The number of amides is 1. The third-order valence-corrected chi connectivity index (χ3v) is 7.21. The summed E-state index contributed by atoms with van der Waals surface area (Å²) in [6.45, 7) is 3.17. The van der Waals surface area contributed by atoms with Crippen LogP contribution in [-0.4, -0.2) is 36.7 Å². The first-order valence-corrected chi connectivity index (χ1v) is 13.8. The summed E-state index contributed by atoms with van der Waals surface area (Å²) < 4.78 is 39.8. The summed E-state index contributed by atoms with van der Waals surface area (Å²) in [6.07, 6.45) is 1.22. The maximum atomic E-state index is 12.7. The van der Waals surface area contributed by atoms with Crippen LogP contribution < -0.4 is 9.46 Å². The van der Waals surface area contributed by atoms with Gasteiger partial charge in [-0.05, 0) is 47.9 Å².